The van der Waals surface area contributed by atoms with Gasteiger partial charge >= 0.3 is 0 Å². The number of carbonyl (C=O) groups is 1. The molecule has 152 valence electrons. The maximum absolute atomic E-state index is 12.7. The minimum atomic E-state index is -3.72. The zero-order chi connectivity index (χ0) is 20.5. The van der Waals surface area contributed by atoms with Crippen LogP contribution in [0.25, 0.3) is 0 Å². The van der Waals surface area contributed by atoms with E-state index in [9.17, 15) is 13.2 Å². The number of fused-ring (bicyclic) bond motifs is 1. The van der Waals surface area contributed by atoms with E-state index in [1.807, 2.05) is 0 Å². The quantitative estimate of drug-likeness (QED) is 0.685. The highest BCUT2D eigenvalue weighted by Crippen LogP contribution is 2.40. The molecule has 0 saturated heterocycles. The molecule has 0 fully saturated rings. The van der Waals surface area contributed by atoms with Crippen LogP contribution in [-0.4, -0.2) is 24.5 Å². The molecule has 1 aromatic carbocycles. The Kier molecular flexibility index (Phi) is 5.63. The van der Waals surface area contributed by atoms with Crippen molar-refractivity contribution in [2.75, 3.05) is 0 Å². The van der Waals surface area contributed by atoms with E-state index in [-0.39, 0.29) is 22.8 Å². The summed E-state index contributed by atoms with van der Waals surface area (Å²) in [4.78, 5) is 12.7. The van der Waals surface area contributed by atoms with Crippen molar-refractivity contribution < 1.29 is 13.2 Å². The van der Waals surface area contributed by atoms with Crippen molar-refractivity contribution in [2.45, 2.75) is 57.9 Å². The van der Waals surface area contributed by atoms with Crippen molar-refractivity contribution in [1.82, 2.24) is 15.5 Å². The molecular weight excluding hydrogens is 376 g/mol. The zero-order valence-electron chi connectivity index (χ0n) is 16.6. The minimum absolute atomic E-state index is 0.0496. The number of hydrogen-bond acceptors (Lipinski definition) is 4. The summed E-state index contributed by atoms with van der Waals surface area (Å²) < 4.78 is 22.6. The number of rotatable bonds is 6. The monoisotopic (exact) mass is 404 g/mol. The lowest BCUT2D eigenvalue weighted by Gasteiger charge is -2.36. The number of nitrogens with two attached hydrogens (primary N) is 1. The number of nitrogens with one attached hydrogen (secondary N) is 2. The summed E-state index contributed by atoms with van der Waals surface area (Å²) >= 11 is 0. The van der Waals surface area contributed by atoms with Gasteiger partial charge in [0.1, 0.15) is 0 Å². The number of primary sulfonamides is 1. The molecule has 0 spiro atoms. The highest BCUT2D eigenvalue weighted by Gasteiger charge is 2.34. The van der Waals surface area contributed by atoms with Gasteiger partial charge in [0, 0.05) is 17.8 Å². The Labute approximate surface area is 166 Å². The molecule has 28 heavy (non-hydrogen) atoms. The van der Waals surface area contributed by atoms with Gasteiger partial charge in [-0.25, -0.2) is 13.6 Å². The molecule has 1 heterocycles. The summed E-state index contributed by atoms with van der Waals surface area (Å²) in [5, 5.41) is 15.3. The van der Waals surface area contributed by atoms with Crippen molar-refractivity contribution in [3.05, 3.63) is 46.8 Å². The molecule has 0 aliphatic heterocycles. The lowest BCUT2D eigenvalue weighted by atomic mass is 9.69. The van der Waals surface area contributed by atoms with Crippen LogP contribution in [0, 0.1) is 11.3 Å². The molecule has 1 aromatic heterocycles. The second-order valence-electron chi connectivity index (χ2n) is 8.18. The van der Waals surface area contributed by atoms with Gasteiger partial charge in [-0.2, -0.15) is 5.10 Å². The third-order valence-electron chi connectivity index (χ3n) is 6.08. The van der Waals surface area contributed by atoms with E-state index in [0.717, 1.165) is 42.5 Å². The van der Waals surface area contributed by atoms with Crippen LogP contribution in [0.5, 0.6) is 0 Å². The van der Waals surface area contributed by atoms with Crippen molar-refractivity contribution in [3.8, 4) is 0 Å². The van der Waals surface area contributed by atoms with Crippen molar-refractivity contribution in [2.24, 2.45) is 16.5 Å². The first-order chi connectivity index (χ1) is 13.1. The standard InChI is InChI=1S/C20H28N4O3S/c1-4-20(2,3)14-7-10-17-16(11-14)18(24-23-17)19(25)22-12-13-5-8-15(9-6-13)28(21,26)27/h5-6,8-9,14H,4,7,10-12H2,1-3H3,(H,22,25)(H,23,24)(H2,21,26,27)/t14-/m1/s1. The normalized spacial score (nSPS) is 17.2. The molecule has 1 aliphatic rings. The molecule has 1 atom stereocenters. The number of H-pyrrole nitrogens is 1. The second-order valence-corrected chi connectivity index (χ2v) is 9.74. The van der Waals surface area contributed by atoms with Gasteiger partial charge in [-0.3, -0.25) is 9.89 Å². The first kappa shape index (κ1) is 20.5. The number of aryl methyl sites for hydroxylation is 1. The molecule has 0 unspecified atom stereocenters. The van der Waals surface area contributed by atoms with Crippen LogP contribution in [0.15, 0.2) is 29.2 Å². The number of nitrogens with zero attached hydrogens (tertiary/aromatic N) is 1. The molecule has 0 radical (unpaired) electrons. The molecular formula is C20H28N4O3S. The molecule has 4 N–H and O–H groups in total. The predicted octanol–water partition coefficient (Wildman–Crippen LogP) is 2.53. The SMILES string of the molecule is CCC(C)(C)[C@@H]1CCc2[nH]nc(C(=O)NCc3ccc(S(N)(=O)=O)cc3)c2C1. The van der Waals surface area contributed by atoms with Gasteiger partial charge in [-0.05, 0) is 48.3 Å². The van der Waals surface area contributed by atoms with Crippen molar-refractivity contribution in [3.63, 3.8) is 0 Å². The van der Waals surface area contributed by atoms with E-state index < -0.39 is 10.0 Å². The molecule has 3 rings (SSSR count). The smallest absolute Gasteiger partial charge is 0.272 e. The van der Waals surface area contributed by atoms with Crippen molar-refractivity contribution >= 4 is 15.9 Å². The third kappa shape index (κ3) is 4.28. The van der Waals surface area contributed by atoms with Crippen molar-refractivity contribution in [1.29, 1.82) is 0 Å². The highest BCUT2D eigenvalue weighted by atomic mass is 32.2. The average molecular weight is 405 g/mol. The molecule has 1 aliphatic carbocycles. The number of aromatic amines is 1. The Morgan fingerprint density at radius 2 is 2.00 bits per heavy atom. The van der Waals surface area contributed by atoms with Gasteiger partial charge in [-0.1, -0.05) is 39.3 Å². The predicted molar refractivity (Wildman–Crippen MR) is 107 cm³/mol. The molecule has 0 saturated carbocycles. The molecule has 8 heteroatoms. The van der Waals surface area contributed by atoms with Crippen LogP contribution < -0.4 is 10.5 Å². The molecule has 0 bridgehead atoms. The van der Waals surface area contributed by atoms with Crippen LogP contribution in [0.3, 0.4) is 0 Å². The molecule has 2 aromatic rings. The van der Waals surface area contributed by atoms with E-state index >= 15 is 0 Å². The van der Waals surface area contributed by atoms with Gasteiger partial charge in [0.15, 0.2) is 5.69 Å². The summed E-state index contributed by atoms with van der Waals surface area (Å²) in [6.45, 7) is 7.07. The first-order valence-electron chi connectivity index (χ1n) is 9.58. The van der Waals surface area contributed by atoms with Crippen LogP contribution in [0.4, 0.5) is 0 Å². The fraction of sp³-hybridized carbons (Fsp3) is 0.500. The summed E-state index contributed by atoms with van der Waals surface area (Å²) in [5.74, 6) is 0.308. The van der Waals surface area contributed by atoms with Gasteiger partial charge < -0.3 is 5.32 Å². The van der Waals surface area contributed by atoms with E-state index in [4.69, 9.17) is 5.14 Å². The summed E-state index contributed by atoms with van der Waals surface area (Å²) in [5.41, 5.74) is 3.57. The van der Waals surface area contributed by atoms with Crippen LogP contribution in [-0.2, 0) is 29.4 Å². The first-order valence-corrected chi connectivity index (χ1v) is 11.1. The number of sulfonamides is 1. The Balaban J connectivity index is 1.69. The number of benzene rings is 1. The van der Waals surface area contributed by atoms with E-state index in [2.05, 4.69) is 36.3 Å². The van der Waals surface area contributed by atoms with Crippen LogP contribution in [0.1, 0.15) is 60.9 Å². The van der Waals surface area contributed by atoms with E-state index in [1.165, 1.54) is 12.1 Å². The Morgan fingerprint density at radius 3 is 2.61 bits per heavy atom. The Morgan fingerprint density at radius 1 is 1.32 bits per heavy atom. The van der Waals surface area contributed by atoms with E-state index in [0.29, 0.717) is 11.6 Å². The second kappa shape index (κ2) is 7.67. The maximum Gasteiger partial charge on any atom is 0.272 e. The topological polar surface area (TPSA) is 118 Å². The van der Waals surface area contributed by atoms with Gasteiger partial charge in [-0.15, -0.1) is 0 Å². The van der Waals surface area contributed by atoms with Gasteiger partial charge in [0.2, 0.25) is 10.0 Å². The lowest BCUT2D eigenvalue weighted by molar-refractivity contribution is 0.0943. The van der Waals surface area contributed by atoms with E-state index in [1.54, 1.807) is 12.1 Å². The maximum atomic E-state index is 12.7. The number of hydrogen-bond donors (Lipinski definition) is 3. The Bertz CT molecular complexity index is 962. The fourth-order valence-electron chi connectivity index (χ4n) is 3.70. The minimum Gasteiger partial charge on any atom is -0.347 e. The van der Waals surface area contributed by atoms with Crippen LogP contribution in [0.2, 0.25) is 0 Å². The fourth-order valence-corrected chi connectivity index (χ4v) is 4.22. The number of aromatic nitrogens is 2. The summed E-state index contributed by atoms with van der Waals surface area (Å²) in [7, 11) is -3.72. The number of amides is 1. The molecule has 7 nitrogen and oxygen atoms in total. The molecule has 1 amide bonds. The van der Waals surface area contributed by atoms with Crippen LogP contribution >= 0.6 is 0 Å². The summed E-state index contributed by atoms with van der Waals surface area (Å²) in [6.07, 6.45) is 3.98. The van der Waals surface area contributed by atoms with Gasteiger partial charge in [0.05, 0.1) is 4.90 Å². The highest BCUT2D eigenvalue weighted by molar-refractivity contribution is 7.89. The average Bonchev–Trinajstić information content (AvgIpc) is 3.09. The zero-order valence-corrected chi connectivity index (χ0v) is 17.4. The number of carbonyl (C=O) groups excluding carboxylic acids is 1. The third-order valence-corrected chi connectivity index (χ3v) is 7.01. The van der Waals surface area contributed by atoms with Gasteiger partial charge in [0.25, 0.3) is 5.91 Å². The summed E-state index contributed by atoms with van der Waals surface area (Å²) in [6, 6.07) is 6.15. The lowest BCUT2D eigenvalue weighted by Crippen LogP contribution is -2.30. The largest absolute Gasteiger partial charge is 0.347 e. The Hall–Kier alpha value is -2.19.